The Morgan fingerprint density at radius 2 is 2.32 bits per heavy atom. The van der Waals surface area contributed by atoms with Gasteiger partial charge in [0.25, 0.3) is 0 Å². The third-order valence-corrected chi connectivity index (χ3v) is 4.22. The van der Waals surface area contributed by atoms with Crippen molar-refractivity contribution in [2.75, 3.05) is 25.5 Å². The Morgan fingerprint density at radius 1 is 1.53 bits per heavy atom. The summed E-state index contributed by atoms with van der Waals surface area (Å²) in [5, 5.41) is 6.27. The SMILES string of the molecule is CCC1(C(=O)Nc2cc(Br)cc(OC)c2)CCNC1. The van der Waals surface area contributed by atoms with E-state index < -0.39 is 0 Å². The quantitative estimate of drug-likeness (QED) is 0.894. The molecule has 0 bridgehead atoms. The van der Waals surface area contributed by atoms with Gasteiger partial charge in [-0.15, -0.1) is 0 Å². The molecule has 1 saturated heterocycles. The van der Waals surface area contributed by atoms with Crippen LogP contribution in [0.5, 0.6) is 5.75 Å². The Morgan fingerprint density at radius 3 is 2.89 bits per heavy atom. The molecular formula is C14H19BrN2O2. The van der Waals surface area contributed by atoms with Gasteiger partial charge in [-0.3, -0.25) is 4.79 Å². The van der Waals surface area contributed by atoms with Crippen LogP contribution >= 0.6 is 15.9 Å². The highest BCUT2D eigenvalue weighted by atomic mass is 79.9. The molecule has 1 unspecified atom stereocenters. The molecule has 0 aliphatic carbocycles. The van der Waals surface area contributed by atoms with Crippen molar-refractivity contribution in [1.82, 2.24) is 5.32 Å². The number of hydrogen-bond donors (Lipinski definition) is 2. The van der Waals surface area contributed by atoms with E-state index in [2.05, 4.69) is 33.5 Å². The van der Waals surface area contributed by atoms with Gasteiger partial charge in [-0.05, 0) is 31.5 Å². The van der Waals surface area contributed by atoms with Gasteiger partial charge in [0.05, 0.1) is 12.5 Å². The lowest BCUT2D eigenvalue weighted by molar-refractivity contribution is -0.124. The van der Waals surface area contributed by atoms with E-state index in [0.29, 0.717) is 0 Å². The molecule has 1 aromatic carbocycles. The predicted octanol–water partition coefficient (Wildman–Crippen LogP) is 2.79. The van der Waals surface area contributed by atoms with Crippen molar-refractivity contribution in [2.24, 2.45) is 5.41 Å². The Labute approximate surface area is 122 Å². The second-order valence-electron chi connectivity index (χ2n) is 4.89. The molecule has 1 aromatic rings. The molecule has 5 heteroatoms. The van der Waals surface area contributed by atoms with Crippen LogP contribution in [0.4, 0.5) is 5.69 Å². The van der Waals surface area contributed by atoms with Gasteiger partial charge in [0.15, 0.2) is 0 Å². The van der Waals surface area contributed by atoms with E-state index in [9.17, 15) is 4.79 Å². The van der Waals surface area contributed by atoms with Gasteiger partial charge in [-0.2, -0.15) is 0 Å². The normalized spacial score (nSPS) is 22.3. The summed E-state index contributed by atoms with van der Waals surface area (Å²) >= 11 is 3.41. The molecule has 1 atom stereocenters. The lowest BCUT2D eigenvalue weighted by Gasteiger charge is -2.25. The van der Waals surface area contributed by atoms with Crippen LogP contribution in [0.2, 0.25) is 0 Å². The maximum Gasteiger partial charge on any atom is 0.231 e. The monoisotopic (exact) mass is 326 g/mol. The number of halogens is 1. The first-order valence-electron chi connectivity index (χ1n) is 6.46. The van der Waals surface area contributed by atoms with Crippen LogP contribution in [0, 0.1) is 5.41 Å². The average molecular weight is 327 g/mol. The molecule has 1 amide bonds. The number of ether oxygens (including phenoxy) is 1. The van der Waals surface area contributed by atoms with Crippen LogP contribution in [0.15, 0.2) is 22.7 Å². The summed E-state index contributed by atoms with van der Waals surface area (Å²) in [4.78, 5) is 12.5. The van der Waals surface area contributed by atoms with Crippen molar-refractivity contribution in [3.8, 4) is 5.75 Å². The fraction of sp³-hybridized carbons (Fsp3) is 0.500. The largest absolute Gasteiger partial charge is 0.497 e. The highest BCUT2D eigenvalue weighted by molar-refractivity contribution is 9.10. The first kappa shape index (κ1) is 14.3. The number of amides is 1. The molecule has 2 N–H and O–H groups in total. The van der Waals surface area contributed by atoms with Crippen molar-refractivity contribution >= 4 is 27.5 Å². The van der Waals surface area contributed by atoms with Crippen molar-refractivity contribution in [1.29, 1.82) is 0 Å². The van der Waals surface area contributed by atoms with Gasteiger partial charge in [-0.25, -0.2) is 0 Å². The zero-order valence-electron chi connectivity index (χ0n) is 11.3. The molecule has 4 nitrogen and oxygen atoms in total. The third kappa shape index (κ3) is 3.09. The highest BCUT2D eigenvalue weighted by Gasteiger charge is 2.39. The number of nitrogens with one attached hydrogen (secondary N) is 2. The van der Waals surface area contributed by atoms with E-state index >= 15 is 0 Å². The number of methoxy groups -OCH3 is 1. The van der Waals surface area contributed by atoms with Crippen molar-refractivity contribution < 1.29 is 9.53 Å². The molecule has 0 saturated carbocycles. The maximum atomic E-state index is 12.5. The average Bonchev–Trinajstić information content (AvgIpc) is 2.88. The zero-order chi connectivity index (χ0) is 13.9. The third-order valence-electron chi connectivity index (χ3n) is 3.77. The number of benzene rings is 1. The van der Waals surface area contributed by atoms with E-state index in [1.54, 1.807) is 7.11 Å². The minimum absolute atomic E-state index is 0.0835. The van der Waals surface area contributed by atoms with Crippen LogP contribution < -0.4 is 15.4 Å². The minimum atomic E-state index is -0.282. The zero-order valence-corrected chi connectivity index (χ0v) is 12.8. The Balaban J connectivity index is 2.16. The fourth-order valence-corrected chi connectivity index (χ4v) is 2.89. The maximum absolute atomic E-state index is 12.5. The van der Waals surface area contributed by atoms with Crippen LogP contribution in [-0.4, -0.2) is 26.1 Å². The molecule has 1 fully saturated rings. The molecule has 1 aliphatic rings. The predicted molar refractivity (Wildman–Crippen MR) is 79.5 cm³/mol. The first-order chi connectivity index (χ1) is 9.09. The van der Waals surface area contributed by atoms with Gasteiger partial charge in [0.1, 0.15) is 5.75 Å². The lowest BCUT2D eigenvalue weighted by Crippen LogP contribution is -2.37. The highest BCUT2D eigenvalue weighted by Crippen LogP contribution is 2.32. The Hall–Kier alpha value is -1.07. The van der Waals surface area contributed by atoms with E-state index in [0.717, 1.165) is 41.8 Å². The molecule has 1 heterocycles. The summed E-state index contributed by atoms with van der Waals surface area (Å²) < 4.78 is 6.09. The number of hydrogen-bond acceptors (Lipinski definition) is 3. The van der Waals surface area contributed by atoms with Crippen LogP contribution in [0.25, 0.3) is 0 Å². The number of carbonyl (C=O) groups is 1. The smallest absolute Gasteiger partial charge is 0.231 e. The molecule has 1 aliphatic heterocycles. The first-order valence-corrected chi connectivity index (χ1v) is 7.26. The number of rotatable bonds is 4. The van der Waals surface area contributed by atoms with Gasteiger partial charge in [0, 0.05) is 22.8 Å². The molecule has 2 rings (SSSR count). The summed E-state index contributed by atoms with van der Waals surface area (Å²) in [6, 6.07) is 5.57. The summed E-state index contributed by atoms with van der Waals surface area (Å²) in [5.41, 5.74) is 0.478. The molecule has 104 valence electrons. The minimum Gasteiger partial charge on any atom is -0.497 e. The van der Waals surface area contributed by atoms with Crippen molar-refractivity contribution in [3.05, 3.63) is 22.7 Å². The van der Waals surface area contributed by atoms with E-state index in [1.165, 1.54) is 0 Å². The standard InChI is InChI=1S/C14H19BrN2O2/c1-3-14(4-5-16-9-14)13(18)17-11-6-10(15)7-12(8-11)19-2/h6-8,16H,3-5,9H2,1-2H3,(H,17,18). The van der Waals surface area contributed by atoms with Crippen LogP contribution in [0.3, 0.4) is 0 Å². The molecule has 0 aromatic heterocycles. The Kier molecular flexibility index (Phi) is 4.47. The molecular weight excluding hydrogens is 308 g/mol. The Bertz CT molecular complexity index is 471. The summed E-state index contributed by atoms with van der Waals surface area (Å²) in [6.07, 6.45) is 1.73. The van der Waals surface area contributed by atoms with Crippen LogP contribution in [-0.2, 0) is 4.79 Å². The van der Waals surface area contributed by atoms with Crippen molar-refractivity contribution in [2.45, 2.75) is 19.8 Å². The van der Waals surface area contributed by atoms with Gasteiger partial charge in [0.2, 0.25) is 5.91 Å². The van der Waals surface area contributed by atoms with E-state index in [4.69, 9.17) is 4.74 Å². The molecule has 19 heavy (non-hydrogen) atoms. The second-order valence-corrected chi connectivity index (χ2v) is 5.81. The lowest BCUT2D eigenvalue weighted by atomic mass is 9.83. The topological polar surface area (TPSA) is 50.4 Å². The van der Waals surface area contributed by atoms with Gasteiger partial charge >= 0.3 is 0 Å². The van der Waals surface area contributed by atoms with Gasteiger partial charge in [-0.1, -0.05) is 22.9 Å². The van der Waals surface area contributed by atoms with Gasteiger partial charge < -0.3 is 15.4 Å². The van der Waals surface area contributed by atoms with E-state index in [1.807, 2.05) is 18.2 Å². The van der Waals surface area contributed by atoms with Crippen LogP contribution in [0.1, 0.15) is 19.8 Å². The molecule has 0 radical (unpaired) electrons. The van der Waals surface area contributed by atoms with E-state index in [-0.39, 0.29) is 11.3 Å². The number of anilines is 1. The second kappa shape index (κ2) is 5.92. The summed E-state index contributed by atoms with van der Waals surface area (Å²) in [6.45, 7) is 3.72. The number of carbonyl (C=O) groups excluding carboxylic acids is 1. The molecule has 0 spiro atoms. The fourth-order valence-electron chi connectivity index (χ4n) is 2.42. The summed E-state index contributed by atoms with van der Waals surface area (Å²) in [7, 11) is 1.61. The van der Waals surface area contributed by atoms with Crippen molar-refractivity contribution in [3.63, 3.8) is 0 Å². The summed E-state index contributed by atoms with van der Waals surface area (Å²) in [5.74, 6) is 0.805.